The van der Waals surface area contributed by atoms with E-state index in [1.807, 2.05) is 31.2 Å². The third-order valence-corrected chi connectivity index (χ3v) is 5.04. The topological polar surface area (TPSA) is 43.1 Å². The maximum Gasteiger partial charge on any atom is 0.0560 e. The van der Waals surface area contributed by atoms with Gasteiger partial charge in [0.05, 0.1) is 10.8 Å². The van der Waals surface area contributed by atoms with Gasteiger partial charge in [-0.25, -0.2) is 0 Å². The van der Waals surface area contributed by atoms with Gasteiger partial charge in [-0.3, -0.25) is 4.21 Å². The number of nitrogens with two attached hydrogens (primary N) is 1. The molecular formula is C13H19NOS. The summed E-state index contributed by atoms with van der Waals surface area (Å²) in [5, 5.41) is 0.307. The van der Waals surface area contributed by atoms with Crippen molar-refractivity contribution in [3.8, 4) is 0 Å². The lowest BCUT2D eigenvalue weighted by atomic mass is 9.96. The quantitative estimate of drug-likeness (QED) is 0.858. The second-order valence-corrected chi connectivity index (χ2v) is 6.38. The molecule has 1 fully saturated rings. The maximum atomic E-state index is 12.3. The summed E-state index contributed by atoms with van der Waals surface area (Å²) in [7, 11) is -0.851. The lowest BCUT2D eigenvalue weighted by molar-refractivity contribution is 0.444. The zero-order chi connectivity index (χ0) is 11.5. The average Bonchev–Trinajstić information content (AvgIpc) is 2.29. The molecule has 1 unspecified atom stereocenters. The van der Waals surface area contributed by atoms with Crippen LogP contribution in [-0.4, -0.2) is 15.5 Å². The van der Waals surface area contributed by atoms with Crippen molar-refractivity contribution in [1.29, 1.82) is 0 Å². The number of hydrogen-bond acceptors (Lipinski definition) is 2. The number of hydrogen-bond donors (Lipinski definition) is 1. The van der Waals surface area contributed by atoms with Gasteiger partial charge in [0.1, 0.15) is 0 Å². The van der Waals surface area contributed by atoms with E-state index >= 15 is 0 Å². The van der Waals surface area contributed by atoms with Crippen LogP contribution in [0, 0.1) is 6.92 Å². The van der Waals surface area contributed by atoms with Crippen LogP contribution in [0.1, 0.15) is 31.2 Å². The van der Waals surface area contributed by atoms with Crippen LogP contribution in [-0.2, 0) is 10.8 Å². The largest absolute Gasteiger partial charge is 0.328 e. The Kier molecular flexibility index (Phi) is 3.77. The fraction of sp³-hybridized carbons (Fsp3) is 0.538. The van der Waals surface area contributed by atoms with Gasteiger partial charge in [0.25, 0.3) is 0 Å². The molecular weight excluding hydrogens is 218 g/mol. The molecule has 1 aliphatic carbocycles. The molecule has 2 nitrogen and oxygen atoms in total. The summed E-state index contributed by atoms with van der Waals surface area (Å²) in [5.41, 5.74) is 7.04. The summed E-state index contributed by atoms with van der Waals surface area (Å²) < 4.78 is 12.3. The highest BCUT2D eigenvalue weighted by Crippen LogP contribution is 2.25. The van der Waals surface area contributed by atoms with E-state index in [0.29, 0.717) is 11.3 Å². The molecule has 0 saturated heterocycles. The highest BCUT2D eigenvalue weighted by molar-refractivity contribution is 7.85. The molecule has 0 aromatic heterocycles. The summed E-state index contributed by atoms with van der Waals surface area (Å²) in [6.07, 6.45) is 4.04. The Bertz CT molecular complexity index is 383. The van der Waals surface area contributed by atoms with E-state index in [9.17, 15) is 4.21 Å². The molecule has 1 aliphatic rings. The fourth-order valence-electron chi connectivity index (χ4n) is 2.24. The smallest absolute Gasteiger partial charge is 0.0560 e. The highest BCUT2D eigenvalue weighted by atomic mass is 32.2. The normalized spacial score (nSPS) is 27.6. The maximum absolute atomic E-state index is 12.3. The molecule has 0 bridgehead atoms. The Balaban J connectivity index is 2.08. The molecule has 16 heavy (non-hydrogen) atoms. The van der Waals surface area contributed by atoms with Gasteiger partial charge in [0, 0.05) is 16.2 Å². The van der Waals surface area contributed by atoms with Gasteiger partial charge in [-0.05, 0) is 50.3 Å². The van der Waals surface area contributed by atoms with E-state index in [-0.39, 0.29) is 0 Å². The fourth-order valence-corrected chi connectivity index (χ4v) is 3.84. The van der Waals surface area contributed by atoms with E-state index < -0.39 is 10.8 Å². The van der Waals surface area contributed by atoms with Crippen LogP contribution in [0.5, 0.6) is 0 Å². The van der Waals surface area contributed by atoms with Crippen LogP contribution < -0.4 is 5.73 Å². The first-order chi connectivity index (χ1) is 7.66. The molecule has 0 spiro atoms. The molecule has 88 valence electrons. The van der Waals surface area contributed by atoms with Crippen molar-refractivity contribution in [2.75, 3.05) is 0 Å². The van der Waals surface area contributed by atoms with E-state index in [4.69, 9.17) is 5.73 Å². The Morgan fingerprint density at radius 1 is 1.25 bits per heavy atom. The van der Waals surface area contributed by atoms with Crippen molar-refractivity contribution in [2.24, 2.45) is 5.73 Å². The third kappa shape index (κ3) is 2.71. The van der Waals surface area contributed by atoms with Crippen molar-refractivity contribution in [1.82, 2.24) is 0 Å². The first-order valence-corrected chi connectivity index (χ1v) is 7.11. The average molecular weight is 237 g/mol. The second kappa shape index (κ2) is 5.11. The molecule has 0 amide bonds. The monoisotopic (exact) mass is 237 g/mol. The minimum absolute atomic E-state index is 0.307. The minimum atomic E-state index is -0.851. The predicted molar refractivity (Wildman–Crippen MR) is 67.8 cm³/mol. The van der Waals surface area contributed by atoms with Crippen LogP contribution in [0.2, 0.25) is 0 Å². The van der Waals surface area contributed by atoms with E-state index in [1.54, 1.807) is 0 Å². The van der Waals surface area contributed by atoms with E-state index in [0.717, 1.165) is 30.6 Å². The summed E-state index contributed by atoms with van der Waals surface area (Å²) in [6, 6.07) is 8.35. The Morgan fingerprint density at radius 3 is 2.56 bits per heavy atom. The summed E-state index contributed by atoms with van der Waals surface area (Å²) in [6.45, 7) is 2.04. The molecule has 1 saturated carbocycles. The van der Waals surface area contributed by atoms with Gasteiger partial charge in [0.2, 0.25) is 0 Å². The van der Waals surface area contributed by atoms with Crippen molar-refractivity contribution in [2.45, 2.75) is 48.8 Å². The number of rotatable bonds is 2. The molecule has 1 aromatic carbocycles. The van der Waals surface area contributed by atoms with Gasteiger partial charge in [0.15, 0.2) is 0 Å². The Labute approximate surface area is 99.7 Å². The Morgan fingerprint density at radius 2 is 1.94 bits per heavy atom. The number of benzene rings is 1. The molecule has 0 radical (unpaired) electrons. The van der Waals surface area contributed by atoms with Gasteiger partial charge in [-0.15, -0.1) is 0 Å². The van der Waals surface area contributed by atoms with Crippen molar-refractivity contribution < 1.29 is 4.21 Å². The number of aryl methyl sites for hydroxylation is 1. The minimum Gasteiger partial charge on any atom is -0.328 e. The predicted octanol–water partition coefficient (Wildman–Crippen LogP) is 2.37. The van der Waals surface area contributed by atoms with E-state index in [2.05, 4.69) is 0 Å². The van der Waals surface area contributed by atoms with Crippen LogP contribution in [0.4, 0.5) is 0 Å². The SMILES string of the molecule is Cc1cccc(S(=O)C2CCC(N)CC2)c1. The van der Waals surface area contributed by atoms with Gasteiger partial charge < -0.3 is 5.73 Å². The van der Waals surface area contributed by atoms with Gasteiger partial charge >= 0.3 is 0 Å². The molecule has 1 aromatic rings. The Hall–Kier alpha value is -0.670. The molecule has 2 rings (SSSR count). The summed E-state index contributed by atoms with van der Waals surface area (Å²) in [5.74, 6) is 0. The highest BCUT2D eigenvalue weighted by Gasteiger charge is 2.24. The molecule has 2 N–H and O–H groups in total. The first-order valence-electron chi connectivity index (χ1n) is 5.89. The molecule has 3 heteroatoms. The van der Waals surface area contributed by atoms with Crippen molar-refractivity contribution >= 4 is 10.8 Å². The standard InChI is InChI=1S/C13H19NOS/c1-10-3-2-4-13(9-10)16(15)12-7-5-11(14)6-8-12/h2-4,9,11-12H,5-8,14H2,1H3. The van der Waals surface area contributed by atoms with E-state index in [1.165, 1.54) is 5.56 Å². The van der Waals surface area contributed by atoms with Crippen LogP contribution in [0.3, 0.4) is 0 Å². The summed E-state index contributed by atoms with van der Waals surface area (Å²) in [4.78, 5) is 0.973. The molecule has 0 heterocycles. The molecule has 0 aliphatic heterocycles. The van der Waals surface area contributed by atoms with Gasteiger partial charge in [-0.2, -0.15) is 0 Å². The van der Waals surface area contributed by atoms with Crippen molar-refractivity contribution in [3.05, 3.63) is 29.8 Å². The lowest BCUT2D eigenvalue weighted by Gasteiger charge is -2.25. The lowest BCUT2D eigenvalue weighted by Crippen LogP contribution is -2.31. The summed E-state index contributed by atoms with van der Waals surface area (Å²) >= 11 is 0. The van der Waals surface area contributed by atoms with Gasteiger partial charge in [-0.1, -0.05) is 12.1 Å². The van der Waals surface area contributed by atoms with Crippen molar-refractivity contribution in [3.63, 3.8) is 0 Å². The van der Waals surface area contributed by atoms with Crippen LogP contribution >= 0.6 is 0 Å². The molecule has 1 atom stereocenters. The third-order valence-electron chi connectivity index (χ3n) is 3.24. The zero-order valence-electron chi connectivity index (χ0n) is 9.69. The zero-order valence-corrected chi connectivity index (χ0v) is 10.5. The van der Waals surface area contributed by atoms with Crippen LogP contribution in [0.25, 0.3) is 0 Å². The first kappa shape index (κ1) is 11.8. The second-order valence-electron chi connectivity index (χ2n) is 4.65. The van der Waals surface area contributed by atoms with Crippen LogP contribution in [0.15, 0.2) is 29.2 Å².